The Labute approximate surface area is 164 Å². The number of rotatable bonds is 4. The van der Waals surface area contributed by atoms with Gasteiger partial charge in [-0.05, 0) is 50.5 Å². The number of aromatic nitrogens is 3. The number of hydrogen-bond acceptors (Lipinski definition) is 3. The van der Waals surface area contributed by atoms with Crippen LogP contribution in [0.3, 0.4) is 0 Å². The minimum Gasteiger partial charge on any atom is -0.338 e. The number of fused-ring (bicyclic) bond motifs is 1. The molecule has 1 aromatic carbocycles. The largest absolute Gasteiger partial charge is 0.338 e. The minimum absolute atomic E-state index is 0.0159. The molecule has 0 unspecified atom stereocenters. The zero-order valence-corrected chi connectivity index (χ0v) is 16.4. The second-order valence-electron chi connectivity index (χ2n) is 7.43. The van der Waals surface area contributed by atoms with Crippen LogP contribution in [0.1, 0.15) is 42.5 Å². The summed E-state index contributed by atoms with van der Waals surface area (Å²) in [5.74, 6) is 1.46. The lowest BCUT2D eigenvalue weighted by molar-refractivity contribution is 0.0787. The number of imidazole rings is 1. The van der Waals surface area contributed by atoms with E-state index in [-0.39, 0.29) is 5.91 Å². The molecular weight excluding hydrogens is 360 g/mol. The van der Waals surface area contributed by atoms with E-state index in [1.807, 2.05) is 35.4 Å². The average Bonchev–Trinajstić information content (AvgIpc) is 3.26. The Bertz CT molecular complexity index is 981. The maximum atomic E-state index is 12.8. The topological polar surface area (TPSA) is 51.0 Å². The van der Waals surface area contributed by atoms with Crippen molar-refractivity contribution in [1.82, 2.24) is 19.4 Å². The number of amides is 1. The van der Waals surface area contributed by atoms with Gasteiger partial charge in [0.2, 0.25) is 0 Å². The van der Waals surface area contributed by atoms with Crippen LogP contribution in [0.2, 0.25) is 5.02 Å². The molecule has 3 heterocycles. The summed E-state index contributed by atoms with van der Waals surface area (Å²) >= 11 is 6.20. The molecular formula is C21H23ClN4O. The number of nitrogens with zero attached hydrogens (tertiary/aromatic N) is 4. The Morgan fingerprint density at radius 2 is 2.07 bits per heavy atom. The summed E-state index contributed by atoms with van der Waals surface area (Å²) in [6.45, 7) is 5.80. The van der Waals surface area contributed by atoms with E-state index in [1.54, 1.807) is 12.1 Å². The highest BCUT2D eigenvalue weighted by molar-refractivity contribution is 6.33. The third-order valence-electron chi connectivity index (χ3n) is 5.19. The standard InChI is InChI=1S/C21H23ClN4O/c1-14(2)26-19(24-18-8-5-10-23-20(18)26)12-15-9-11-25(13-15)21(27)16-6-3-4-7-17(16)22/h3-8,10,14-15H,9,11-13H2,1-2H3/t15-/m1/s1. The van der Waals surface area contributed by atoms with Gasteiger partial charge in [0, 0.05) is 31.7 Å². The first kappa shape index (κ1) is 18.0. The smallest absolute Gasteiger partial charge is 0.255 e. The molecule has 1 amide bonds. The molecule has 4 rings (SSSR count). The minimum atomic E-state index is 0.0159. The molecule has 0 saturated carbocycles. The van der Waals surface area contributed by atoms with Crippen LogP contribution in [0.25, 0.3) is 11.2 Å². The van der Waals surface area contributed by atoms with Gasteiger partial charge in [-0.1, -0.05) is 23.7 Å². The first-order valence-electron chi connectivity index (χ1n) is 9.40. The van der Waals surface area contributed by atoms with Gasteiger partial charge in [-0.3, -0.25) is 4.79 Å². The van der Waals surface area contributed by atoms with E-state index in [0.29, 0.717) is 22.5 Å². The predicted molar refractivity (Wildman–Crippen MR) is 107 cm³/mol. The average molecular weight is 383 g/mol. The van der Waals surface area contributed by atoms with Crippen LogP contribution in [0.15, 0.2) is 42.6 Å². The Balaban J connectivity index is 1.52. The van der Waals surface area contributed by atoms with Gasteiger partial charge >= 0.3 is 0 Å². The van der Waals surface area contributed by atoms with E-state index in [1.165, 1.54) is 0 Å². The maximum Gasteiger partial charge on any atom is 0.255 e. The lowest BCUT2D eigenvalue weighted by Gasteiger charge is -2.18. The molecule has 2 aromatic heterocycles. The number of pyridine rings is 1. The fraction of sp³-hybridized carbons (Fsp3) is 0.381. The molecule has 1 fully saturated rings. The molecule has 0 bridgehead atoms. The van der Waals surface area contributed by atoms with Crippen LogP contribution >= 0.6 is 11.6 Å². The first-order chi connectivity index (χ1) is 13.0. The second-order valence-corrected chi connectivity index (χ2v) is 7.83. The van der Waals surface area contributed by atoms with Crippen molar-refractivity contribution in [3.05, 3.63) is 59.0 Å². The summed E-state index contributed by atoms with van der Waals surface area (Å²) in [6.07, 6.45) is 3.64. The number of hydrogen-bond donors (Lipinski definition) is 0. The maximum absolute atomic E-state index is 12.8. The summed E-state index contributed by atoms with van der Waals surface area (Å²) in [6, 6.07) is 11.5. The van der Waals surface area contributed by atoms with Crippen molar-refractivity contribution in [2.45, 2.75) is 32.7 Å². The Morgan fingerprint density at radius 3 is 2.85 bits per heavy atom. The fourth-order valence-electron chi connectivity index (χ4n) is 3.91. The van der Waals surface area contributed by atoms with Crippen molar-refractivity contribution in [2.75, 3.05) is 13.1 Å². The van der Waals surface area contributed by atoms with Gasteiger partial charge in [0.15, 0.2) is 5.65 Å². The lowest BCUT2D eigenvalue weighted by atomic mass is 10.0. The first-order valence-corrected chi connectivity index (χ1v) is 9.78. The van der Waals surface area contributed by atoms with E-state index < -0.39 is 0 Å². The van der Waals surface area contributed by atoms with E-state index in [9.17, 15) is 4.79 Å². The van der Waals surface area contributed by atoms with Crippen molar-refractivity contribution in [2.24, 2.45) is 5.92 Å². The lowest BCUT2D eigenvalue weighted by Crippen LogP contribution is -2.29. The number of likely N-dealkylation sites (tertiary alicyclic amines) is 1. The molecule has 3 aromatic rings. The normalized spacial score (nSPS) is 17.2. The highest BCUT2D eigenvalue weighted by Gasteiger charge is 2.29. The fourth-order valence-corrected chi connectivity index (χ4v) is 4.13. The van der Waals surface area contributed by atoms with Crippen LogP contribution in [0, 0.1) is 5.92 Å². The summed E-state index contributed by atoms with van der Waals surface area (Å²) < 4.78 is 2.22. The van der Waals surface area contributed by atoms with Gasteiger partial charge in [-0.15, -0.1) is 0 Å². The van der Waals surface area contributed by atoms with E-state index in [2.05, 4.69) is 23.4 Å². The highest BCUT2D eigenvalue weighted by Crippen LogP contribution is 2.27. The molecule has 0 radical (unpaired) electrons. The van der Waals surface area contributed by atoms with E-state index >= 15 is 0 Å². The van der Waals surface area contributed by atoms with Gasteiger partial charge in [-0.25, -0.2) is 9.97 Å². The molecule has 6 heteroatoms. The number of carbonyl (C=O) groups excluding carboxylic acids is 1. The quantitative estimate of drug-likeness (QED) is 0.673. The van der Waals surface area contributed by atoms with E-state index in [0.717, 1.165) is 42.9 Å². The van der Waals surface area contributed by atoms with Gasteiger partial charge in [0.1, 0.15) is 11.3 Å². The molecule has 27 heavy (non-hydrogen) atoms. The van der Waals surface area contributed by atoms with Crippen LogP contribution in [0.5, 0.6) is 0 Å². The molecule has 1 aliphatic rings. The molecule has 140 valence electrons. The third kappa shape index (κ3) is 3.44. The van der Waals surface area contributed by atoms with E-state index in [4.69, 9.17) is 16.6 Å². The van der Waals surface area contributed by atoms with Crippen molar-refractivity contribution in [1.29, 1.82) is 0 Å². The van der Waals surface area contributed by atoms with Crippen molar-refractivity contribution in [3.63, 3.8) is 0 Å². The predicted octanol–water partition coefficient (Wildman–Crippen LogP) is 4.37. The van der Waals surface area contributed by atoms with Crippen molar-refractivity contribution < 1.29 is 4.79 Å². The van der Waals surface area contributed by atoms with Gasteiger partial charge in [0.25, 0.3) is 5.91 Å². The number of halogens is 1. The van der Waals surface area contributed by atoms with Crippen LogP contribution in [-0.2, 0) is 6.42 Å². The Kier molecular flexibility index (Phi) is 4.87. The Hall–Kier alpha value is -2.40. The van der Waals surface area contributed by atoms with Crippen LogP contribution < -0.4 is 0 Å². The molecule has 1 saturated heterocycles. The number of carbonyl (C=O) groups is 1. The second kappa shape index (κ2) is 7.31. The zero-order chi connectivity index (χ0) is 19.0. The molecule has 0 spiro atoms. The van der Waals surface area contributed by atoms with Crippen LogP contribution in [-0.4, -0.2) is 38.4 Å². The SMILES string of the molecule is CC(C)n1c(C[C@H]2CCN(C(=O)c3ccccc3Cl)C2)nc2cccnc21. The molecule has 1 atom stereocenters. The summed E-state index contributed by atoms with van der Waals surface area (Å²) in [5, 5.41) is 0.513. The summed E-state index contributed by atoms with van der Waals surface area (Å²) in [5.41, 5.74) is 2.45. The van der Waals surface area contributed by atoms with Gasteiger partial charge in [-0.2, -0.15) is 0 Å². The highest BCUT2D eigenvalue weighted by atomic mass is 35.5. The molecule has 1 aliphatic heterocycles. The summed E-state index contributed by atoms with van der Waals surface area (Å²) in [7, 11) is 0. The third-order valence-corrected chi connectivity index (χ3v) is 5.52. The van der Waals surface area contributed by atoms with Gasteiger partial charge in [0.05, 0.1) is 10.6 Å². The van der Waals surface area contributed by atoms with Crippen molar-refractivity contribution in [3.8, 4) is 0 Å². The zero-order valence-electron chi connectivity index (χ0n) is 15.6. The van der Waals surface area contributed by atoms with Crippen molar-refractivity contribution >= 4 is 28.7 Å². The van der Waals surface area contributed by atoms with Crippen LogP contribution in [0.4, 0.5) is 0 Å². The number of benzene rings is 1. The monoisotopic (exact) mass is 382 g/mol. The molecule has 0 N–H and O–H groups in total. The summed E-state index contributed by atoms with van der Waals surface area (Å²) in [4.78, 5) is 24.0. The Morgan fingerprint density at radius 1 is 1.26 bits per heavy atom. The molecule has 0 aliphatic carbocycles. The molecule has 5 nitrogen and oxygen atoms in total. The van der Waals surface area contributed by atoms with Gasteiger partial charge < -0.3 is 9.47 Å².